The highest BCUT2D eigenvalue weighted by molar-refractivity contribution is 7.17. The maximum atomic E-state index is 12.6. The number of carbonyl (C=O) groups excluding carboxylic acids is 2. The number of amides is 2. The molecule has 2 heterocycles. The molecule has 5 N–H and O–H groups in total. The molecule has 2 amide bonds. The number of nitrogens with zero attached hydrogens (tertiary/aromatic N) is 1. The molecule has 29 heavy (non-hydrogen) atoms. The van der Waals surface area contributed by atoms with Crippen LogP contribution >= 0.6 is 34.5 Å². The summed E-state index contributed by atoms with van der Waals surface area (Å²) in [6, 6.07) is 8.52. The van der Waals surface area contributed by atoms with E-state index in [9.17, 15) is 9.59 Å². The molecule has 0 aliphatic carbocycles. The Hall–Kier alpha value is -2.39. The number of thiophene rings is 1. The lowest BCUT2D eigenvalue weighted by Crippen LogP contribution is -2.41. The van der Waals surface area contributed by atoms with Crippen LogP contribution in [0.2, 0.25) is 10.0 Å². The van der Waals surface area contributed by atoms with Gasteiger partial charge in [-0.25, -0.2) is 4.98 Å². The maximum absolute atomic E-state index is 12.6. The Balaban J connectivity index is 1.67. The monoisotopic (exact) mass is 451 g/mol. The molecule has 1 aromatic carbocycles. The predicted octanol–water partition coefficient (Wildman–Crippen LogP) is 3.70. The summed E-state index contributed by atoms with van der Waals surface area (Å²) < 4.78 is 0. The zero-order chi connectivity index (χ0) is 21.0. The van der Waals surface area contributed by atoms with Crippen LogP contribution in [-0.2, 0) is 11.2 Å². The standard InChI is InChI=1S/C19H19Cl2N5O2S/c1-10(27)24-19-23-9-15(26-19)16-4-5-17(29-16)18(28)25-13(8-22)6-11-2-3-12(20)7-14(11)21/h2-5,7,9,13H,6,8,22H2,1H3,(H,25,28)(H2,23,24,26,27)/t13-/m0/s1. The van der Waals surface area contributed by atoms with Crippen LogP contribution in [0.1, 0.15) is 22.2 Å². The average molecular weight is 452 g/mol. The second kappa shape index (κ2) is 9.41. The Morgan fingerprint density at radius 1 is 1.28 bits per heavy atom. The number of carbonyl (C=O) groups is 2. The summed E-state index contributed by atoms with van der Waals surface area (Å²) in [5, 5.41) is 6.61. The quantitative estimate of drug-likeness (QED) is 0.438. The molecule has 0 aliphatic heterocycles. The van der Waals surface area contributed by atoms with Crippen LogP contribution < -0.4 is 16.4 Å². The largest absolute Gasteiger partial charge is 0.347 e. The van der Waals surface area contributed by atoms with Gasteiger partial charge in [-0.2, -0.15) is 0 Å². The summed E-state index contributed by atoms with van der Waals surface area (Å²) in [5.74, 6) is -0.0795. The van der Waals surface area contributed by atoms with Crippen molar-refractivity contribution >= 4 is 52.3 Å². The van der Waals surface area contributed by atoms with Gasteiger partial charge < -0.3 is 16.0 Å². The van der Waals surface area contributed by atoms with E-state index in [1.54, 1.807) is 24.4 Å². The number of nitrogens with one attached hydrogen (secondary N) is 3. The average Bonchev–Trinajstić information content (AvgIpc) is 3.32. The van der Waals surface area contributed by atoms with Gasteiger partial charge in [-0.15, -0.1) is 11.3 Å². The van der Waals surface area contributed by atoms with E-state index in [-0.39, 0.29) is 24.4 Å². The summed E-state index contributed by atoms with van der Waals surface area (Å²) in [4.78, 5) is 32.2. The summed E-state index contributed by atoms with van der Waals surface area (Å²) in [6.45, 7) is 1.67. The van der Waals surface area contributed by atoms with Crippen molar-refractivity contribution in [3.8, 4) is 10.6 Å². The second-order valence-electron chi connectivity index (χ2n) is 6.34. The Morgan fingerprint density at radius 3 is 2.76 bits per heavy atom. The number of aromatic amines is 1. The van der Waals surface area contributed by atoms with Gasteiger partial charge in [-0.05, 0) is 36.2 Å². The van der Waals surface area contributed by atoms with E-state index in [2.05, 4.69) is 20.6 Å². The zero-order valence-corrected chi connectivity index (χ0v) is 17.8. The number of aromatic nitrogens is 2. The maximum Gasteiger partial charge on any atom is 0.261 e. The third-order valence-electron chi connectivity index (χ3n) is 4.07. The van der Waals surface area contributed by atoms with Crippen LogP contribution in [0.15, 0.2) is 36.5 Å². The number of rotatable bonds is 7. The molecular weight excluding hydrogens is 433 g/mol. The third-order valence-corrected chi connectivity index (χ3v) is 5.77. The van der Waals surface area contributed by atoms with Crippen molar-refractivity contribution < 1.29 is 9.59 Å². The van der Waals surface area contributed by atoms with E-state index >= 15 is 0 Å². The molecule has 10 heteroatoms. The van der Waals surface area contributed by atoms with Crippen LogP contribution in [0.3, 0.4) is 0 Å². The number of hydrogen-bond donors (Lipinski definition) is 4. The van der Waals surface area contributed by atoms with Gasteiger partial charge in [0.15, 0.2) is 0 Å². The van der Waals surface area contributed by atoms with Crippen molar-refractivity contribution in [3.05, 3.63) is 57.0 Å². The molecule has 152 valence electrons. The Labute approximate surface area is 181 Å². The summed E-state index contributed by atoms with van der Waals surface area (Å²) in [5.41, 5.74) is 7.41. The zero-order valence-electron chi connectivity index (χ0n) is 15.5. The van der Waals surface area contributed by atoms with Crippen LogP contribution in [0.5, 0.6) is 0 Å². The van der Waals surface area contributed by atoms with E-state index < -0.39 is 0 Å². The van der Waals surface area contributed by atoms with E-state index in [1.807, 2.05) is 12.1 Å². The summed E-state index contributed by atoms with van der Waals surface area (Å²) in [7, 11) is 0. The molecule has 0 bridgehead atoms. The molecule has 0 fully saturated rings. The third kappa shape index (κ3) is 5.57. The summed E-state index contributed by atoms with van der Waals surface area (Å²) in [6.07, 6.45) is 2.10. The van der Waals surface area contributed by atoms with Crippen LogP contribution in [0.25, 0.3) is 10.6 Å². The molecule has 0 spiro atoms. The lowest BCUT2D eigenvalue weighted by atomic mass is 10.1. The van der Waals surface area contributed by atoms with Gasteiger partial charge in [-0.1, -0.05) is 29.3 Å². The van der Waals surface area contributed by atoms with Crippen molar-refractivity contribution in [2.75, 3.05) is 11.9 Å². The number of hydrogen-bond acceptors (Lipinski definition) is 5. The number of halogens is 2. The smallest absolute Gasteiger partial charge is 0.261 e. The molecule has 2 aromatic heterocycles. The first kappa shape index (κ1) is 21.3. The van der Waals surface area contributed by atoms with Crippen molar-refractivity contribution in [1.82, 2.24) is 15.3 Å². The van der Waals surface area contributed by atoms with Crippen molar-refractivity contribution in [3.63, 3.8) is 0 Å². The molecule has 0 saturated heterocycles. The van der Waals surface area contributed by atoms with Gasteiger partial charge in [0.05, 0.1) is 21.6 Å². The minimum atomic E-state index is -0.273. The van der Waals surface area contributed by atoms with Gasteiger partial charge in [0.1, 0.15) is 0 Å². The van der Waals surface area contributed by atoms with Crippen molar-refractivity contribution in [2.45, 2.75) is 19.4 Å². The molecule has 0 radical (unpaired) electrons. The second-order valence-corrected chi connectivity index (χ2v) is 8.26. The lowest BCUT2D eigenvalue weighted by Gasteiger charge is -2.17. The fraction of sp³-hybridized carbons (Fsp3) is 0.211. The number of imidazole rings is 1. The van der Waals surface area contributed by atoms with Gasteiger partial charge in [0, 0.05) is 29.6 Å². The SMILES string of the molecule is CC(=O)Nc1ncc(-c2ccc(C(=O)N[C@H](CN)Cc3ccc(Cl)cc3Cl)s2)[nH]1. The van der Waals surface area contributed by atoms with Gasteiger partial charge in [0.25, 0.3) is 5.91 Å². The minimum Gasteiger partial charge on any atom is -0.347 e. The molecule has 1 atom stereocenters. The van der Waals surface area contributed by atoms with Crippen molar-refractivity contribution in [1.29, 1.82) is 0 Å². The first-order valence-electron chi connectivity index (χ1n) is 8.73. The van der Waals surface area contributed by atoms with Gasteiger partial charge in [0.2, 0.25) is 11.9 Å². The number of nitrogens with two attached hydrogens (primary N) is 1. The number of anilines is 1. The summed E-state index contributed by atoms with van der Waals surface area (Å²) >= 11 is 13.5. The Kier molecular flexibility index (Phi) is 6.92. The fourth-order valence-electron chi connectivity index (χ4n) is 2.68. The van der Waals surface area contributed by atoms with E-state index in [0.29, 0.717) is 33.0 Å². The van der Waals surface area contributed by atoms with E-state index in [1.165, 1.54) is 18.3 Å². The highest BCUT2D eigenvalue weighted by Gasteiger charge is 2.17. The van der Waals surface area contributed by atoms with Crippen molar-refractivity contribution in [2.24, 2.45) is 5.73 Å². The first-order valence-corrected chi connectivity index (χ1v) is 10.3. The molecular formula is C19H19Cl2N5O2S. The molecule has 7 nitrogen and oxygen atoms in total. The first-order chi connectivity index (χ1) is 13.9. The fourth-order valence-corrected chi connectivity index (χ4v) is 4.04. The predicted molar refractivity (Wildman–Crippen MR) is 117 cm³/mol. The molecule has 0 unspecified atom stereocenters. The Bertz CT molecular complexity index is 1030. The highest BCUT2D eigenvalue weighted by atomic mass is 35.5. The Morgan fingerprint density at radius 2 is 2.07 bits per heavy atom. The van der Waals surface area contributed by atoms with E-state index in [0.717, 1.165) is 10.4 Å². The molecule has 3 aromatic rings. The number of H-pyrrole nitrogens is 1. The highest BCUT2D eigenvalue weighted by Crippen LogP contribution is 2.28. The molecule has 3 rings (SSSR count). The van der Waals surface area contributed by atoms with E-state index in [4.69, 9.17) is 28.9 Å². The van der Waals surface area contributed by atoms with Crippen LogP contribution in [0, 0.1) is 0 Å². The van der Waals surface area contributed by atoms with Gasteiger partial charge in [-0.3, -0.25) is 14.9 Å². The number of benzene rings is 1. The van der Waals surface area contributed by atoms with Gasteiger partial charge >= 0.3 is 0 Å². The molecule has 0 aliphatic rings. The topological polar surface area (TPSA) is 113 Å². The molecule has 0 saturated carbocycles. The minimum absolute atomic E-state index is 0.217. The normalized spacial score (nSPS) is 11.9. The van der Waals surface area contributed by atoms with Crippen LogP contribution in [0.4, 0.5) is 5.95 Å². The lowest BCUT2D eigenvalue weighted by molar-refractivity contribution is -0.114. The van der Waals surface area contributed by atoms with Crippen LogP contribution in [-0.4, -0.2) is 34.4 Å².